The van der Waals surface area contributed by atoms with E-state index in [1.807, 2.05) is 31.6 Å². The van der Waals surface area contributed by atoms with Gasteiger partial charge >= 0.3 is 0 Å². The van der Waals surface area contributed by atoms with Crippen LogP contribution in [0.4, 0.5) is 4.39 Å². The first-order valence-electron chi connectivity index (χ1n) is 6.30. The molecule has 0 amide bonds. The highest BCUT2D eigenvalue weighted by Gasteiger charge is 2.22. The summed E-state index contributed by atoms with van der Waals surface area (Å²) >= 11 is 9.42. The fourth-order valence-corrected chi connectivity index (χ4v) is 2.67. The van der Waals surface area contributed by atoms with Crippen LogP contribution in [0.2, 0.25) is 5.02 Å². The topological polar surface area (TPSA) is 29.9 Å². The summed E-state index contributed by atoms with van der Waals surface area (Å²) in [6.45, 7) is 4.06. The van der Waals surface area contributed by atoms with Gasteiger partial charge in [0, 0.05) is 6.04 Å². The van der Waals surface area contributed by atoms with Crippen molar-refractivity contribution >= 4 is 27.5 Å². The van der Waals surface area contributed by atoms with Gasteiger partial charge in [-0.2, -0.15) is 5.10 Å². The Bertz CT molecular complexity index is 612. The Kier molecular flexibility index (Phi) is 4.83. The first-order chi connectivity index (χ1) is 9.45. The van der Waals surface area contributed by atoms with Crippen molar-refractivity contribution in [3.63, 3.8) is 0 Å². The summed E-state index contributed by atoms with van der Waals surface area (Å²) in [5.41, 5.74) is 1.64. The Morgan fingerprint density at radius 1 is 1.40 bits per heavy atom. The molecular formula is C14H16BrClFN3. The standard InChI is InChI=1S/C14H16BrClFN3/c1-8(2)20-14(11(16)7-19-20)13(18-3)9-4-5-10(15)12(17)6-9/h4-8,13,18H,1-3H3. The monoisotopic (exact) mass is 359 g/mol. The van der Waals surface area contributed by atoms with E-state index in [-0.39, 0.29) is 17.9 Å². The first kappa shape index (κ1) is 15.5. The van der Waals surface area contributed by atoms with E-state index >= 15 is 0 Å². The van der Waals surface area contributed by atoms with E-state index in [0.29, 0.717) is 9.50 Å². The third-order valence-corrected chi connectivity index (χ3v) is 4.05. The van der Waals surface area contributed by atoms with Gasteiger partial charge in [0.25, 0.3) is 0 Å². The van der Waals surface area contributed by atoms with Crippen molar-refractivity contribution in [2.75, 3.05) is 7.05 Å². The fourth-order valence-electron chi connectivity index (χ4n) is 2.19. The lowest BCUT2D eigenvalue weighted by molar-refractivity contribution is 0.483. The minimum absolute atomic E-state index is 0.175. The Labute approximate surface area is 131 Å². The lowest BCUT2D eigenvalue weighted by atomic mass is 10.0. The van der Waals surface area contributed by atoms with Crippen molar-refractivity contribution in [3.8, 4) is 0 Å². The predicted molar refractivity (Wildman–Crippen MR) is 82.6 cm³/mol. The number of rotatable bonds is 4. The van der Waals surface area contributed by atoms with E-state index in [0.717, 1.165) is 11.3 Å². The minimum Gasteiger partial charge on any atom is -0.308 e. The van der Waals surface area contributed by atoms with Crippen LogP contribution in [0.1, 0.15) is 37.2 Å². The maximum absolute atomic E-state index is 13.7. The molecule has 0 bridgehead atoms. The zero-order valence-electron chi connectivity index (χ0n) is 11.5. The summed E-state index contributed by atoms with van der Waals surface area (Å²) in [4.78, 5) is 0. The van der Waals surface area contributed by atoms with Crippen LogP contribution >= 0.6 is 27.5 Å². The van der Waals surface area contributed by atoms with Gasteiger partial charge in [-0.05, 0) is 54.5 Å². The van der Waals surface area contributed by atoms with Crippen LogP contribution in [-0.4, -0.2) is 16.8 Å². The molecule has 0 aliphatic carbocycles. The summed E-state index contributed by atoms with van der Waals surface area (Å²) in [6.07, 6.45) is 1.62. The molecule has 1 atom stereocenters. The average Bonchev–Trinajstić information content (AvgIpc) is 2.77. The molecule has 1 unspecified atom stereocenters. The minimum atomic E-state index is -0.297. The van der Waals surface area contributed by atoms with E-state index in [1.54, 1.807) is 12.3 Å². The highest BCUT2D eigenvalue weighted by atomic mass is 79.9. The van der Waals surface area contributed by atoms with Gasteiger partial charge < -0.3 is 5.32 Å². The summed E-state index contributed by atoms with van der Waals surface area (Å²) in [5, 5.41) is 8.04. The van der Waals surface area contributed by atoms with Crippen molar-refractivity contribution in [3.05, 3.63) is 51.0 Å². The summed E-state index contributed by atoms with van der Waals surface area (Å²) < 4.78 is 16.0. The fraction of sp³-hybridized carbons (Fsp3) is 0.357. The lowest BCUT2D eigenvalue weighted by Gasteiger charge is -2.21. The zero-order valence-corrected chi connectivity index (χ0v) is 13.8. The molecule has 0 radical (unpaired) electrons. The van der Waals surface area contributed by atoms with Gasteiger partial charge in [-0.3, -0.25) is 4.68 Å². The van der Waals surface area contributed by atoms with E-state index in [9.17, 15) is 4.39 Å². The molecule has 1 heterocycles. The molecule has 0 saturated heterocycles. The molecule has 2 aromatic rings. The van der Waals surface area contributed by atoms with Crippen LogP contribution in [0, 0.1) is 5.82 Å². The van der Waals surface area contributed by atoms with Crippen LogP contribution in [0.3, 0.4) is 0 Å². The smallest absolute Gasteiger partial charge is 0.137 e. The van der Waals surface area contributed by atoms with E-state index < -0.39 is 0 Å². The SMILES string of the molecule is CNC(c1ccc(Br)c(F)c1)c1c(Cl)cnn1C(C)C. The normalized spacial score (nSPS) is 12.9. The van der Waals surface area contributed by atoms with E-state index in [4.69, 9.17) is 11.6 Å². The molecule has 2 rings (SSSR count). The molecule has 0 aliphatic rings. The number of benzene rings is 1. The lowest BCUT2D eigenvalue weighted by Crippen LogP contribution is -2.23. The first-order valence-corrected chi connectivity index (χ1v) is 7.48. The number of hydrogen-bond donors (Lipinski definition) is 1. The Balaban J connectivity index is 2.52. The number of halogens is 3. The second-order valence-corrected chi connectivity index (χ2v) is 6.07. The van der Waals surface area contributed by atoms with Crippen molar-refractivity contribution in [1.29, 1.82) is 0 Å². The number of nitrogens with one attached hydrogen (secondary N) is 1. The summed E-state index contributed by atoms with van der Waals surface area (Å²) in [5.74, 6) is -0.297. The molecule has 20 heavy (non-hydrogen) atoms. The largest absolute Gasteiger partial charge is 0.308 e. The Morgan fingerprint density at radius 2 is 2.10 bits per heavy atom. The average molecular weight is 361 g/mol. The number of hydrogen-bond acceptors (Lipinski definition) is 2. The molecular weight excluding hydrogens is 345 g/mol. The van der Waals surface area contributed by atoms with Crippen LogP contribution in [0.5, 0.6) is 0 Å². The molecule has 108 valence electrons. The van der Waals surface area contributed by atoms with Gasteiger partial charge in [-0.1, -0.05) is 17.7 Å². The number of aromatic nitrogens is 2. The zero-order chi connectivity index (χ0) is 14.9. The van der Waals surface area contributed by atoms with Crippen LogP contribution in [0.25, 0.3) is 0 Å². The maximum atomic E-state index is 13.7. The van der Waals surface area contributed by atoms with Crippen molar-refractivity contribution in [1.82, 2.24) is 15.1 Å². The quantitative estimate of drug-likeness (QED) is 0.879. The van der Waals surface area contributed by atoms with Crippen LogP contribution < -0.4 is 5.32 Å². The third kappa shape index (κ3) is 2.90. The Hall–Kier alpha value is -0.910. The highest BCUT2D eigenvalue weighted by Crippen LogP contribution is 2.31. The van der Waals surface area contributed by atoms with Gasteiger partial charge in [-0.15, -0.1) is 0 Å². The molecule has 1 N–H and O–H groups in total. The predicted octanol–water partition coefficient (Wildman–Crippen LogP) is 4.33. The van der Waals surface area contributed by atoms with Gasteiger partial charge in [0.1, 0.15) is 5.82 Å². The van der Waals surface area contributed by atoms with Crippen LogP contribution in [-0.2, 0) is 0 Å². The molecule has 1 aromatic heterocycles. The van der Waals surface area contributed by atoms with Crippen molar-refractivity contribution < 1.29 is 4.39 Å². The molecule has 0 aliphatic heterocycles. The maximum Gasteiger partial charge on any atom is 0.137 e. The second kappa shape index (κ2) is 6.24. The summed E-state index contributed by atoms with van der Waals surface area (Å²) in [7, 11) is 1.82. The molecule has 1 aromatic carbocycles. The molecule has 6 heteroatoms. The molecule has 0 spiro atoms. The second-order valence-electron chi connectivity index (χ2n) is 4.81. The molecule has 0 saturated carbocycles. The number of nitrogens with zero attached hydrogens (tertiary/aromatic N) is 2. The third-order valence-electron chi connectivity index (χ3n) is 3.12. The Morgan fingerprint density at radius 3 is 2.65 bits per heavy atom. The summed E-state index contributed by atoms with van der Waals surface area (Å²) in [6, 6.07) is 5.02. The highest BCUT2D eigenvalue weighted by molar-refractivity contribution is 9.10. The van der Waals surface area contributed by atoms with Gasteiger partial charge in [-0.25, -0.2) is 4.39 Å². The molecule has 3 nitrogen and oxygen atoms in total. The van der Waals surface area contributed by atoms with Crippen molar-refractivity contribution in [2.45, 2.75) is 25.9 Å². The van der Waals surface area contributed by atoms with E-state index in [2.05, 4.69) is 26.3 Å². The van der Waals surface area contributed by atoms with Crippen LogP contribution in [0.15, 0.2) is 28.9 Å². The van der Waals surface area contributed by atoms with Crippen molar-refractivity contribution in [2.24, 2.45) is 0 Å². The van der Waals surface area contributed by atoms with Gasteiger partial charge in [0.2, 0.25) is 0 Å². The molecule has 0 fully saturated rings. The van der Waals surface area contributed by atoms with Gasteiger partial charge in [0.05, 0.1) is 27.4 Å². The van der Waals surface area contributed by atoms with Gasteiger partial charge in [0.15, 0.2) is 0 Å². The van der Waals surface area contributed by atoms with E-state index in [1.165, 1.54) is 6.07 Å².